The predicted octanol–water partition coefficient (Wildman–Crippen LogP) is 2.35. The number of fused-ring (bicyclic) bond motifs is 3. The van der Waals surface area contributed by atoms with Gasteiger partial charge in [0.2, 0.25) is 5.88 Å². The Morgan fingerprint density at radius 1 is 1.30 bits per heavy atom. The maximum atomic E-state index is 12.5. The van der Waals surface area contributed by atoms with Gasteiger partial charge in [0.25, 0.3) is 0 Å². The topological polar surface area (TPSA) is 82.8 Å². The minimum absolute atomic E-state index is 0.141. The van der Waals surface area contributed by atoms with E-state index < -0.39 is 5.60 Å². The summed E-state index contributed by atoms with van der Waals surface area (Å²) in [5.41, 5.74) is 3.46. The van der Waals surface area contributed by atoms with Crippen LogP contribution in [0.4, 0.5) is 0 Å². The van der Waals surface area contributed by atoms with E-state index in [-0.39, 0.29) is 11.8 Å². The first kappa shape index (κ1) is 21.0. The molecule has 0 spiro atoms. The summed E-state index contributed by atoms with van der Waals surface area (Å²) < 4.78 is 18.4. The molecule has 0 bridgehead atoms. The first-order valence-electron chi connectivity index (χ1n) is 10.7. The third-order valence-electron chi connectivity index (χ3n) is 5.59. The summed E-state index contributed by atoms with van der Waals surface area (Å²) in [6, 6.07) is 8.26. The van der Waals surface area contributed by atoms with Crippen molar-refractivity contribution in [2.45, 2.75) is 57.8 Å². The molecule has 1 aromatic heterocycles. The monoisotopic (exact) mass is 414 g/mol. The molecule has 30 heavy (non-hydrogen) atoms. The van der Waals surface area contributed by atoms with Gasteiger partial charge in [0, 0.05) is 18.2 Å². The van der Waals surface area contributed by atoms with Crippen molar-refractivity contribution in [3.8, 4) is 17.1 Å². The lowest BCUT2D eigenvalue weighted by Crippen LogP contribution is -2.34. The van der Waals surface area contributed by atoms with Gasteiger partial charge < -0.3 is 19.3 Å². The third kappa shape index (κ3) is 5.09. The van der Waals surface area contributed by atoms with Crippen LogP contribution in [0.5, 0.6) is 5.88 Å². The van der Waals surface area contributed by atoms with Crippen LogP contribution in [0.2, 0.25) is 0 Å². The molecule has 2 aliphatic heterocycles. The number of hydrogen-bond acceptors (Lipinski definition) is 6. The van der Waals surface area contributed by atoms with Crippen LogP contribution in [-0.4, -0.2) is 52.8 Å². The number of hydrogen-bond donors (Lipinski definition) is 1. The molecule has 0 amide bonds. The van der Waals surface area contributed by atoms with Crippen molar-refractivity contribution in [1.29, 1.82) is 0 Å². The average Bonchev–Trinajstić information content (AvgIpc) is 2.72. The minimum atomic E-state index is -0.632. The van der Waals surface area contributed by atoms with Crippen molar-refractivity contribution in [2.24, 2.45) is 0 Å². The van der Waals surface area contributed by atoms with Gasteiger partial charge in [-0.25, -0.2) is 4.79 Å². The standard InChI is InChI=1S/C23H30N2O5/c1-23(2,27)8-3-4-16-5-6-19-17(12-16)7-9-25-20(19)13-21(24-22(25)26)30-15-18-14-28-10-11-29-18/h5-6,12-13,18,27H,3-4,7-11,14-15H2,1-2H3. The second-order valence-corrected chi connectivity index (χ2v) is 8.70. The van der Waals surface area contributed by atoms with Gasteiger partial charge in [-0.1, -0.05) is 18.2 Å². The van der Waals surface area contributed by atoms with Crippen LogP contribution in [0, 0.1) is 0 Å². The Kier molecular flexibility index (Phi) is 6.22. The van der Waals surface area contributed by atoms with E-state index in [9.17, 15) is 9.90 Å². The first-order valence-corrected chi connectivity index (χ1v) is 10.7. The second-order valence-electron chi connectivity index (χ2n) is 8.70. The van der Waals surface area contributed by atoms with Gasteiger partial charge in [0.05, 0.1) is 31.1 Å². The molecule has 1 unspecified atom stereocenters. The highest BCUT2D eigenvalue weighted by atomic mass is 16.6. The summed E-state index contributed by atoms with van der Waals surface area (Å²) in [6.07, 6.45) is 3.30. The van der Waals surface area contributed by atoms with Gasteiger partial charge in [-0.2, -0.15) is 4.98 Å². The zero-order valence-electron chi connectivity index (χ0n) is 17.7. The summed E-state index contributed by atoms with van der Waals surface area (Å²) in [4.78, 5) is 16.6. The van der Waals surface area contributed by atoms with E-state index in [1.165, 1.54) is 11.1 Å². The van der Waals surface area contributed by atoms with E-state index in [2.05, 4.69) is 23.2 Å². The molecule has 0 saturated carbocycles. The molecule has 2 aliphatic rings. The number of aromatic nitrogens is 2. The molecule has 7 nitrogen and oxygen atoms in total. The number of ether oxygens (including phenoxy) is 3. The molecular weight excluding hydrogens is 384 g/mol. The van der Waals surface area contributed by atoms with E-state index in [4.69, 9.17) is 14.2 Å². The van der Waals surface area contributed by atoms with Gasteiger partial charge in [-0.15, -0.1) is 0 Å². The Morgan fingerprint density at radius 3 is 2.93 bits per heavy atom. The smallest absolute Gasteiger partial charge is 0.351 e. The lowest BCUT2D eigenvalue weighted by Gasteiger charge is -2.24. The van der Waals surface area contributed by atoms with Crippen molar-refractivity contribution >= 4 is 0 Å². The van der Waals surface area contributed by atoms with E-state index in [0.29, 0.717) is 38.9 Å². The van der Waals surface area contributed by atoms with Gasteiger partial charge in [-0.05, 0) is 50.7 Å². The average molecular weight is 415 g/mol. The maximum absolute atomic E-state index is 12.5. The van der Waals surface area contributed by atoms with Crippen molar-refractivity contribution in [3.05, 3.63) is 45.9 Å². The molecule has 2 aromatic rings. The lowest BCUT2D eigenvalue weighted by atomic mass is 9.93. The summed E-state index contributed by atoms with van der Waals surface area (Å²) in [5.74, 6) is 0.322. The number of rotatable bonds is 7. The first-order chi connectivity index (χ1) is 14.4. The van der Waals surface area contributed by atoms with Crippen LogP contribution < -0.4 is 10.4 Å². The molecule has 0 radical (unpaired) electrons. The Labute approximate surface area is 176 Å². The molecule has 1 atom stereocenters. The predicted molar refractivity (Wildman–Crippen MR) is 113 cm³/mol. The molecular formula is C23H30N2O5. The summed E-state index contributed by atoms with van der Waals surface area (Å²) >= 11 is 0. The quantitative estimate of drug-likeness (QED) is 0.749. The Bertz CT molecular complexity index is 942. The van der Waals surface area contributed by atoms with Gasteiger partial charge >= 0.3 is 5.69 Å². The van der Waals surface area contributed by atoms with E-state index in [1.54, 1.807) is 4.57 Å². The summed E-state index contributed by atoms with van der Waals surface area (Å²) in [5, 5.41) is 9.91. The molecule has 4 rings (SSSR count). The fourth-order valence-electron chi connectivity index (χ4n) is 4.03. The van der Waals surface area contributed by atoms with Gasteiger partial charge in [0.1, 0.15) is 12.7 Å². The van der Waals surface area contributed by atoms with Crippen LogP contribution in [-0.2, 0) is 28.9 Å². The van der Waals surface area contributed by atoms with E-state index in [1.807, 2.05) is 19.9 Å². The molecule has 162 valence electrons. The second kappa shape index (κ2) is 8.88. The van der Waals surface area contributed by atoms with Crippen LogP contribution in [0.3, 0.4) is 0 Å². The molecule has 1 fully saturated rings. The number of aryl methyl sites for hydroxylation is 2. The maximum Gasteiger partial charge on any atom is 0.351 e. The van der Waals surface area contributed by atoms with Gasteiger partial charge in [0.15, 0.2) is 0 Å². The van der Waals surface area contributed by atoms with Crippen LogP contribution in [0.15, 0.2) is 29.1 Å². The lowest BCUT2D eigenvalue weighted by molar-refractivity contribution is -0.102. The molecule has 7 heteroatoms. The fraction of sp³-hybridized carbons (Fsp3) is 0.565. The number of aliphatic hydroxyl groups is 1. The van der Waals surface area contributed by atoms with E-state index >= 15 is 0 Å². The highest BCUT2D eigenvalue weighted by Crippen LogP contribution is 2.31. The Morgan fingerprint density at radius 2 is 2.17 bits per heavy atom. The van der Waals surface area contributed by atoms with Crippen LogP contribution >= 0.6 is 0 Å². The SMILES string of the molecule is CC(C)(O)CCCc1ccc2c(c1)CCn1c-2cc(OCC2COCCO2)nc1=O. The third-order valence-corrected chi connectivity index (χ3v) is 5.59. The molecule has 1 saturated heterocycles. The largest absolute Gasteiger partial charge is 0.475 e. The number of benzene rings is 1. The molecule has 1 aromatic carbocycles. The van der Waals surface area contributed by atoms with Crippen LogP contribution in [0.1, 0.15) is 37.8 Å². The van der Waals surface area contributed by atoms with Crippen molar-refractivity contribution < 1.29 is 19.3 Å². The van der Waals surface area contributed by atoms with E-state index in [0.717, 1.165) is 36.9 Å². The molecule has 1 N–H and O–H groups in total. The summed E-state index contributed by atoms with van der Waals surface area (Å²) in [6.45, 7) is 6.25. The normalized spacial score (nSPS) is 18.6. The van der Waals surface area contributed by atoms with Gasteiger partial charge in [-0.3, -0.25) is 4.57 Å². The minimum Gasteiger partial charge on any atom is -0.475 e. The number of nitrogens with zero attached hydrogens (tertiary/aromatic N) is 2. The highest BCUT2D eigenvalue weighted by Gasteiger charge is 2.21. The Hall–Kier alpha value is -2.22. The molecule has 0 aliphatic carbocycles. The van der Waals surface area contributed by atoms with Crippen molar-refractivity contribution in [3.63, 3.8) is 0 Å². The van der Waals surface area contributed by atoms with Crippen molar-refractivity contribution in [2.75, 3.05) is 26.4 Å². The van der Waals surface area contributed by atoms with Crippen molar-refractivity contribution in [1.82, 2.24) is 9.55 Å². The zero-order valence-corrected chi connectivity index (χ0v) is 17.7. The summed E-state index contributed by atoms with van der Waals surface area (Å²) in [7, 11) is 0. The van der Waals surface area contributed by atoms with Crippen LogP contribution in [0.25, 0.3) is 11.3 Å². The Balaban J connectivity index is 1.50. The highest BCUT2D eigenvalue weighted by molar-refractivity contribution is 5.67. The molecule has 3 heterocycles. The zero-order chi connectivity index (χ0) is 21.1. The fourth-order valence-corrected chi connectivity index (χ4v) is 4.03.